The van der Waals surface area contributed by atoms with Crippen LogP contribution in [0.4, 0.5) is 18.9 Å². The van der Waals surface area contributed by atoms with Crippen LogP contribution in [0.3, 0.4) is 0 Å². The third-order valence-electron chi connectivity index (χ3n) is 2.20. The van der Waals surface area contributed by atoms with Crippen molar-refractivity contribution in [2.75, 3.05) is 12.3 Å². The third-order valence-corrected chi connectivity index (χ3v) is 2.20. The first-order valence-electron chi connectivity index (χ1n) is 4.99. The van der Waals surface area contributed by atoms with Crippen molar-refractivity contribution < 1.29 is 22.7 Å². The molecule has 0 aliphatic rings. The van der Waals surface area contributed by atoms with E-state index in [-0.39, 0.29) is 17.9 Å². The lowest BCUT2D eigenvalue weighted by Gasteiger charge is -2.16. The van der Waals surface area contributed by atoms with Gasteiger partial charge in [-0.3, -0.25) is 0 Å². The van der Waals surface area contributed by atoms with Crippen LogP contribution in [-0.2, 0) is 15.5 Å². The first-order valence-corrected chi connectivity index (χ1v) is 4.99. The molecule has 0 radical (unpaired) electrons. The van der Waals surface area contributed by atoms with E-state index in [2.05, 4.69) is 4.74 Å². The minimum absolute atomic E-state index is 0.102. The Bertz CT molecular complexity index is 489. The number of rotatable bonds is 4. The molecule has 3 N–H and O–H groups in total. The second-order valence-electron chi connectivity index (χ2n) is 3.40. The molecule has 1 aromatic carbocycles. The van der Waals surface area contributed by atoms with Crippen molar-refractivity contribution in [3.05, 3.63) is 29.1 Å². The summed E-state index contributed by atoms with van der Waals surface area (Å²) in [6.45, 7) is 1.11. The second-order valence-corrected chi connectivity index (χ2v) is 3.40. The zero-order chi connectivity index (χ0) is 13.9. The summed E-state index contributed by atoms with van der Waals surface area (Å²) in [4.78, 5) is 11.1. The van der Waals surface area contributed by atoms with Gasteiger partial charge in [0.25, 0.3) is 0 Å². The van der Waals surface area contributed by atoms with Crippen LogP contribution in [0.1, 0.15) is 18.1 Å². The normalized spacial score (nSPS) is 11.1. The van der Waals surface area contributed by atoms with Crippen LogP contribution >= 0.6 is 0 Å². The molecule has 1 aromatic rings. The Hall–Kier alpha value is -2.05. The van der Waals surface area contributed by atoms with Crippen LogP contribution in [-0.4, -0.2) is 18.8 Å². The molecule has 0 spiro atoms. The van der Waals surface area contributed by atoms with Gasteiger partial charge in [-0.2, -0.15) is 8.78 Å². The summed E-state index contributed by atoms with van der Waals surface area (Å²) in [6, 6.07) is 1.30. The number of nitrogens with two attached hydrogens (primary N) is 1. The number of nitrogens with one attached hydrogen (secondary N) is 1. The largest absolute Gasteiger partial charge is 0.461 e. The minimum atomic E-state index is -4.12. The fourth-order valence-corrected chi connectivity index (χ4v) is 1.30. The molecule has 18 heavy (non-hydrogen) atoms. The fourth-order valence-electron chi connectivity index (χ4n) is 1.30. The zero-order valence-corrected chi connectivity index (χ0v) is 9.47. The minimum Gasteiger partial charge on any atom is -0.461 e. The summed E-state index contributed by atoms with van der Waals surface area (Å²) in [6.07, 6.45) is 0.694. The number of halogens is 3. The number of alkyl halides is 2. The Morgan fingerprint density at radius 1 is 1.56 bits per heavy atom. The number of hydrogen-bond acceptors (Lipinski definition) is 4. The summed E-state index contributed by atoms with van der Waals surface area (Å²) in [5, 5.41) is 6.96. The van der Waals surface area contributed by atoms with Crippen molar-refractivity contribution in [2.45, 2.75) is 12.8 Å². The van der Waals surface area contributed by atoms with Crippen molar-refractivity contribution in [1.82, 2.24) is 0 Å². The lowest BCUT2D eigenvalue weighted by Crippen LogP contribution is -2.29. The van der Waals surface area contributed by atoms with Gasteiger partial charge in [0.2, 0.25) is 0 Å². The molecule has 4 nitrogen and oxygen atoms in total. The summed E-state index contributed by atoms with van der Waals surface area (Å²) in [5.41, 5.74) is 3.91. The molecule has 0 aliphatic heterocycles. The van der Waals surface area contributed by atoms with E-state index in [1.807, 2.05) is 0 Å². The Labute approximate surface area is 101 Å². The van der Waals surface area contributed by atoms with Gasteiger partial charge >= 0.3 is 11.9 Å². The molecule has 0 unspecified atom stereocenters. The average Bonchev–Trinajstić information content (AvgIpc) is 2.29. The van der Waals surface area contributed by atoms with E-state index in [1.165, 1.54) is 6.92 Å². The molecule has 0 heterocycles. The predicted molar refractivity (Wildman–Crippen MR) is 59.2 cm³/mol. The number of carbonyl (C=O) groups is 1. The van der Waals surface area contributed by atoms with Gasteiger partial charge in [-0.25, -0.2) is 9.18 Å². The Kier molecular flexibility index (Phi) is 3.95. The molecule has 0 atom stereocenters. The van der Waals surface area contributed by atoms with Crippen LogP contribution in [0.5, 0.6) is 0 Å². The highest BCUT2D eigenvalue weighted by Gasteiger charge is 2.45. The molecule has 0 aromatic heterocycles. The topological polar surface area (TPSA) is 76.2 Å². The molecular formula is C11H11F3N2O2. The molecule has 0 aliphatic carbocycles. The molecular weight excluding hydrogens is 249 g/mol. The quantitative estimate of drug-likeness (QED) is 0.494. The summed E-state index contributed by atoms with van der Waals surface area (Å²) in [5.74, 6) is -7.29. The SMILES string of the molecule is CCOC(=O)C(F)(F)c1cc(C=N)c(N)cc1F. The number of ether oxygens (including phenoxy) is 1. The monoisotopic (exact) mass is 260 g/mol. The fraction of sp³-hybridized carbons (Fsp3) is 0.273. The maximum Gasteiger partial charge on any atom is 0.382 e. The summed E-state index contributed by atoms with van der Waals surface area (Å²) in [7, 11) is 0. The second kappa shape index (κ2) is 5.07. The van der Waals surface area contributed by atoms with Crippen LogP contribution in [0.15, 0.2) is 12.1 Å². The summed E-state index contributed by atoms with van der Waals surface area (Å²) >= 11 is 0. The van der Waals surface area contributed by atoms with Gasteiger partial charge in [-0.1, -0.05) is 0 Å². The lowest BCUT2D eigenvalue weighted by molar-refractivity contribution is -0.173. The standard InChI is InChI=1S/C11H11F3N2O2/c1-2-18-10(17)11(13,14)7-3-6(5-15)9(16)4-8(7)12/h3-5,15H,2,16H2,1H3. The third kappa shape index (κ3) is 2.44. The molecule has 0 amide bonds. The average molecular weight is 260 g/mol. The van der Waals surface area contributed by atoms with Crippen molar-refractivity contribution in [1.29, 1.82) is 5.41 Å². The predicted octanol–water partition coefficient (Wildman–Crippen LogP) is 2.06. The van der Waals surface area contributed by atoms with E-state index >= 15 is 0 Å². The first-order chi connectivity index (χ1) is 8.34. The molecule has 98 valence electrons. The van der Waals surface area contributed by atoms with Crippen molar-refractivity contribution in [3.63, 3.8) is 0 Å². The van der Waals surface area contributed by atoms with Gasteiger partial charge in [0.05, 0.1) is 12.2 Å². The molecule has 7 heteroatoms. The van der Waals surface area contributed by atoms with Crippen molar-refractivity contribution >= 4 is 17.9 Å². The Balaban J connectivity index is 3.31. The van der Waals surface area contributed by atoms with Gasteiger partial charge in [-0.05, 0) is 19.1 Å². The highest BCUT2D eigenvalue weighted by Crippen LogP contribution is 2.33. The highest BCUT2D eigenvalue weighted by atomic mass is 19.3. The maximum atomic E-state index is 13.6. The van der Waals surface area contributed by atoms with Gasteiger partial charge < -0.3 is 15.9 Å². The molecule has 0 bridgehead atoms. The van der Waals surface area contributed by atoms with Gasteiger partial charge in [-0.15, -0.1) is 0 Å². The molecule has 0 saturated carbocycles. The van der Waals surface area contributed by atoms with Crippen LogP contribution in [0.2, 0.25) is 0 Å². The van der Waals surface area contributed by atoms with E-state index in [0.29, 0.717) is 18.3 Å². The number of hydrogen-bond donors (Lipinski definition) is 2. The number of carbonyl (C=O) groups excluding carboxylic acids is 1. The van der Waals surface area contributed by atoms with Crippen molar-refractivity contribution in [3.8, 4) is 0 Å². The highest BCUT2D eigenvalue weighted by molar-refractivity contribution is 5.87. The number of nitrogen functional groups attached to an aromatic ring is 1. The zero-order valence-electron chi connectivity index (χ0n) is 9.47. The Morgan fingerprint density at radius 2 is 2.17 bits per heavy atom. The maximum absolute atomic E-state index is 13.6. The van der Waals surface area contributed by atoms with Gasteiger partial charge in [0.15, 0.2) is 0 Å². The van der Waals surface area contributed by atoms with Gasteiger partial charge in [0.1, 0.15) is 5.82 Å². The van der Waals surface area contributed by atoms with Gasteiger partial charge in [0, 0.05) is 17.5 Å². The van der Waals surface area contributed by atoms with Crippen LogP contribution in [0.25, 0.3) is 0 Å². The van der Waals surface area contributed by atoms with Crippen LogP contribution < -0.4 is 5.73 Å². The molecule has 0 fully saturated rings. The smallest absolute Gasteiger partial charge is 0.382 e. The van der Waals surface area contributed by atoms with Crippen molar-refractivity contribution in [2.24, 2.45) is 0 Å². The van der Waals surface area contributed by atoms with E-state index in [0.717, 1.165) is 0 Å². The van der Waals surface area contributed by atoms with E-state index < -0.39 is 23.3 Å². The van der Waals surface area contributed by atoms with E-state index in [9.17, 15) is 18.0 Å². The summed E-state index contributed by atoms with van der Waals surface area (Å²) < 4.78 is 44.8. The van der Waals surface area contributed by atoms with Crippen LogP contribution in [0, 0.1) is 11.2 Å². The lowest BCUT2D eigenvalue weighted by atomic mass is 10.0. The van der Waals surface area contributed by atoms with E-state index in [1.54, 1.807) is 0 Å². The number of benzene rings is 1. The molecule has 1 rings (SSSR count). The van der Waals surface area contributed by atoms with E-state index in [4.69, 9.17) is 11.1 Å². The molecule has 0 saturated heterocycles. The Morgan fingerprint density at radius 3 is 2.67 bits per heavy atom. The number of esters is 1. The number of anilines is 1. The first kappa shape index (κ1) is 14.0.